The summed E-state index contributed by atoms with van der Waals surface area (Å²) in [5.41, 5.74) is 1.87. The average Bonchev–Trinajstić information content (AvgIpc) is 2.76. The van der Waals surface area contributed by atoms with E-state index in [1.54, 1.807) is 0 Å². The Balaban J connectivity index is 1.89. The Morgan fingerprint density at radius 2 is 1.59 bits per heavy atom. The highest BCUT2D eigenvalue weighted by atomic mass is 16.5. The highest BCUT2D eigenvalue weighted by Crippen LogP contribution is 2.47. The first-order chi connectivity index (χ1) is 13.8. The fourth-order valence-corrected chi connectivity index (χ4v) is 4.89. The first-order valence-electron chi connectivity index (χ1n) is 10.9. The summed E-state index contributed by atoms with van der Waals surface area (Å²) in [5.74, 6) is 0.0272. The SMILES string of the molecule is CCC1(C)CC(OC(=O)c2ccccc2)C(C)C(C)(CC)N1Cc1ccccc1. The van der Waals surface area contributed by atoms with Crippen molar-refractivity contribution in [1.29, 1.82) is 0 Å². The minimum absolute atomic E-state index is 0.0330. The van der Waals surface area contributed by atoms with E-state index < -0.39 is 0 Å². The maximum Gasteiger partial charge on any atom is 0.338 e. The zero-order valence-corrected chi connectivity index (χ0v) is 18.5. The summed E-state index contributed by atoms with van der Waals surface area (Å²) in [6, 6.07) is 20.0. The second-order valence-corrected chi connectivity index (χ2v) is 8.94. The molecule has 3 nitrogen and oxygen atoms in total. The van der Waals surface area contributed by atoms with Crippen LogP contribution in [-0.4, -0.2) is 28.1 Å². The molecule has 1 saturated heterocycles. The van der Waals surface area contributed by atoms with E-state index in [1.807, 2.05) is 30.3 Å². The van der Waals surface area contributed by atoms with Crippen molar-refractivity contribution < 1.29 is 9.53 Å². The van der Waals surface area contributed by atoms with Crippen molar-refractivity contribution in [3.05, 3.63) is 71.8 Å². The number of rotatable bonds is 6. The van der Waals surface area contributed by atoms with E-state index >= 15 is 0 Å². The van der Waals surface area contributed by atoms with Crippen molar-refractivity contribution in [2.24, 2.45) is 5.92 Å². The molecule has 2 aromatic rings. The van der Waals surface area contributed by atoms with Crippen LogP contribution in [-0.2, 0) is 11.3 Å². The molecule has 0 saturated carbocycles. The van der Waals surface area contributed by atoms with Crippen molar-refractivity contribution in [3.8, 4) is 0 Å². The Bertz CT molecular complexity index is 806. The number of nitrogens with zero attached hydrogens (tertiary/aromatic N) is 1. The van der Waals surface area contributed by atoms with Crippen molar-refractivity contribution >= 4 is 5.97 Å². The summed E-state index contributed by atoms with van der Waals surface area (Å²) in [7, 11) is 0. The molecule has 1 heterocycles. The van der Waals surface area contributed by atoms with Gasteiger partial charge in [0.05, 0.1) is 5.56 Å². The lowest BCUT2D eigenvalue weighted by molar-refractivity contribution is -0.143. The minimum Gasteiger partial charge on any atom is -0.458 e. The molecule has 4 atom stereocenters. The van der Waals surface area contributed by atoms with E-state index in [0.717, 1.165) is 25.8 Å². The van der Waals surface area contributed by atoms with Crippen LogP contribution in [0.3, 0.4) is 0 Å². The Morgan fingerprint density at radius 1 is 1.00 bits per heavy atom. The molecule has 3 heteroatoms. The predicted molar refractivity (Wildman–Crippen MR) is 119 cm³/mol. The molecule has 0 bridgehead atoms. The zero-order chi connectivity index (χ0) is 21.1. The zero-order valence-electron chi connectivity index (χ0n) is 18.5. The molecule has 3 rings (SSSR count). The summed E-state index contributed by atoms with van der Waals surface area (Å²) in [6.45, 7) is 12.3. The predicted octanol–water partition coefficient (Wildman–Crippen LogP) is 6.09. The fraction of sp³-hybridized carbons (Fsp3) is 0.500. The standard InChI is InChI=1S/C26H35NO2/c1-6-25(4)18-23(29-24(28)22-16-12-9-13-17-22)20(3)26(5,7-2)27(25)19-21-14-10-8-11-15-21/h8-17,20,23H,6-7,18-19H2,1-5H3. The lowest BCUT2D eigenvalue weighted by Gasteiger charge is -2.60. The van der Waals surface area contributed by atoms with E-state index in [4.69, 9.17) is 4.74 Å². The third-order valence-corrected chi connectivity index (χ3v) is 7.38. The van der Waals surface area contributed by atoms with Crippen LogP contribution in [0.2, 0.25) is 0 Å². The quantitative estimate of drug-likeness (QED) is 0.556. The summed E-state index contributed by atoms with van der Waals surface area (Å²) in [6.07, 6.45) is 2.79. The van der Waals surface area contributed by atoms with Crippen LogP contribution < -0.4 is 0 Å². The molecule has 29 heavy (non-hydrogen) atoms. The summed E-state index contributed by atoms with van der Waals surface area (Å²) in [4.78, 5) is 15.5. The van der Waals surface area contributed by atoms with Crippen LogP contribution in [0.25, 0.3) is 0 Å². The molecule has 156 valence electrons. The van der Waals surface area contributed by atoms with Crippen molar-refractivity contribution in [2.75, 3.05) is 0 Å². The topological polar surface area (TPSA) is 29.5 Å². The van der Waals surface area contributed by atoms with Crippen molar-refractivity contribution in [2.45, 2.75) is 77.6 Å². The number of carbonyl (C=O) groups excluding carboxylic acids is 1. The smallest absolute Gasteiger partial charge is 0.338 e. The van der Waals surface area contributed by atoms with Crippen LogP contribution in [0.5, 0.6) is 0 Å². The monoisotopic (exact) mass is 393 g/mol. The first-order valence-corrected chi connectivity index (χ1v) is 10.9. The highest BCUT2D eigenvalue weighted by molar-refractivity contribution is 5.89. The number of carbonyl (C=O) groups is 1. The van der Waals surface area contributed by atoms with Crippen molar-refractivity contribution in [1.82, 2.24) is 4.90 Å². The summed E-state index contributed by atoms with van der Waals surface area (Å²) < 4.78 is 6.12. The van der Waals surface area contributed by atoms with Gasteiger partial charge in [-0.25, -0.2) is 4.79 Å². The number of ether oxygens (including phenoxy) is 1. The molecule has 0 radical (unpaired) electrons. The van der Waals surface area contributed by atoms with Gasteiger partial charge in [-0.2, -0.15) is 0 Å². The molecule has 0 spiro atoms. The fourth-order valence-electron chi connectivity index (χ4n) is 4.89. The molecule has 0 N–H and O–H groups in total. The van der Waals surface area contributed by atoms with Crippen LogP contribution in [0.4, 0.5) is 0 Å². The first kappa shape index (κ1) is 21.6. The molecule has 0 aliphatic carbocycles. The van der Waals surface area contributed by atoms with Gasteiger partial charge in [-0.15, -0.1) is 0 Å². The number of esters is 1. The van der Waals surface area contributed by atoms with Gasteiger partial charge >= 0.3 is 5.97 Å². The Kier molecular flexibility index (Phi) is 6.48. The Hall–Kier alpha value is -2.13. The number of hydrogen-bond acceptors (Lipinski definition) is 3. The Labute approximate surface area is 176 Å². The van der Waals surface area contributed by atoms with Crippen molar-refractivity contribution in [3.63, 3.8) is 0 Å². The van der Waals surface area contributed by atoms with Crippen LogP contribution >= 0.6 is 0 Å². The van der Waals surface area contributed by atoms with Gasteiger partial charge in [0.25, 0.3) is 0 Å². The van der Waals surface area contributed by atoms with Gasteiger partial charge in [-0.3, -0.25) is 4.90 Å². The molecule has 2 aromatic carbocycles. The highest BCUT2D eigenvalue weighted by Gasteiger charge is 2.53. The number of piperidine rings is 1. The maximum atomic E-state index is 12.8. The summed E-state index contributed by atoms with van der Waals surface area (Å²) in [5, 5.41) is 0. The van der Waals surface area contributed by atoms with E-state index in [-0.39, 0.29) is 29.1 Å². The van der Waals surface area contributed by atoms with E-state index in [1.165, 1.54) is 5.56 Å². The second kappa shape index (κ2) is 8.71. The van der Waals surface area contributed by atoms with Gasteiger partial charge in [0.2, 0.25) is 0 Å². The third-order valence-electron chi connectivity index (χ3n) is 7.38. The number of hydrogen-bond donors (Lipinski definition) is 0. The van der Waals surface area contributed by atoms with Gasteiger partial charge in [-0.05, 0) is 44.4 Å². The normalized spacial score (nSPS) is 30.1. The lowest BCUT2D eigenvalue weighted by Crippen LogP contribution is -2.67. The van der Waals surface area contributed by atoms with E-state index in [2.05, 4.69) is 69.9 Å². The van der Waals surface area contributed by atoms with Crippen LogP contribution in [0, 0.1) is 5.92 Å². The molecule has 1 aliphatic rings. The van der Waals surface area contributed by atoms with Gasteiger partial charge in [-0.1, -0.05) is 69.3 Å². The summed E-state index contributed by atoms with van der Waals surface area (Å²) >= 11 is 0. The molecule has 0 amide bonds. The number of likely N-dealkylation sites (tertiary alicyclic amines) is 1. The van der Waals surface area contributed by atoms with Gasteiger partial charge in [0, 0.05) is 30.0 Å². The van der Waals surface area contributed by atoms with Gasteiger partial charge < -0.3 is 4.74 Å². The van der Waals surface area contributed by atoms with Gasteiger partial charge in [0.1, 0.15) is 6.10 Å². The molecule has 1 aliphatic heterocycles. The third kappa shape index (κ3) is 4.25. The van der Waals surface area contributed by atoms with Crippen LogP contribution in [0.1, 0.15) is 69.8 Å². The maximum absolute atomic E-state index is 12.8. The molecular weight excluding hydrogens is 358 g/mol. The molecule has 4 unspecified atom stereocenters. The minimum atomic E-state index is -0.212. The van der Waals surface area contributed by atoms with E-state index in [0.29, 0.717) is 5.56 Å². The molecule has 1 fully saturated rings. The largest absolute Gasteiger partial charge is 0.458 e. The number of benzene rings is 2. The van der Waals surface area contributed by atoms with Crippen LogP contribution in [0.15, 0.2) is 60.7 Å². The lowest BCUT2D eigenvalue weighted by atomic mass is 9.67. The average molecular weight is 394 g/mol. The van der Waals surface area contributed by atoms with Gasteiger partial charge in [0.15, 0.2) is 0 Å². The second-order valence-electron chi connectivity index (χ2n) is 8.94. The van der Waals surface area contributed by atoms with E-state index in [9.17, 15) is 4.79 Å². The molecular formula is C26H35NO2. The molecule has 0 aromatic heterocycles. The Morgan fingerprint density at radius 3 is 2.14 bits per heavy atom.